The van der Waals surface area contributed by atoms with Crippen LogP contribution < -0.4 is 5.32 Å². The average Bonchev–Trinajstić information content (AvgIpc) is 2.43. The molecule has 0 spiro atoms. The number of hydrogen-bond donors (Lipinski definition) is 1. The monoisotopic (exact) mass is 332 g/mol. The van der Waals surface area contributed by atoms with Gasteiger partial charge in [0, 0.05) is 24.9 Å². The third kappa shape index (κ3) is 7.75. The van der Waals surface area contributed by atoms with Gasteiger partial charge in [-0.25, -0.2) is 0 Å². The van der Waals surface area contributed by atoms with Crippen molar-refractivity contribution in [2.24, 2.45) is 0 Å². The second-order valence-corrected chi connectivity index (χ2v) is 5.00. The quantitative estimate of drug-likeness (QED) is 0.743. The highest BCUT2D eigenvalue weighted by atomic mass is 19.4. The Labute approximate surface area is 132 Å². The SMILES string of the molecule is COCCN(CC(=O)Nc1cccc(C(C)=O)c1)CC(F)(F)F. The van der Waals surface area contributed by atoms with E-state index >= 15 is 0 Å². The normalized spacial score (nSPS) is 11.6. The summed E-state index contributed by atoms with van der Waals surface area (Å²) in [5.74, 6) is -0.758. The van der Waals surface area contributed by atoms with Gasteiger partial charge in [-0.2, -0.15) is 13.2 Å². The zero-order valence-corrected chi connectivity index (χ0v) is 12.9. The summed E-state index contributed by atoms with van der Waals surface area (Å²) in [5.41, 5.74) is 0.774. The van der Waals surface area contributed by atoms with Crippen molar-refractivity contribution in [1.82, 2.24) is 4.90 Å². The van der Waals surface area contributed by atoms with Gasteiger partial charge < -0.3 is 10.1 Å². The topological polar surface area (TPSA) is 58.6 Å². The molecule has 1 rings (SSSR count). The minimum absolute atomic E-state index is 0.0169. The summed E-state index contributed by atoms with van der Waals surface area (Å²) in [5, 5.41) is 2.49. The molecule has 0 bridgehead atoms. The lowest BCUT2D eigenvalue weighted by Crippen LogP contribution is -2.41. The number of amides is 1. The molecular formula is C15H19F3N2O3. The van der Waals surface area contributed by atoms with Crippen molar-refractivity contribution in [3.63, 3.8) is 0 Å². The van der Waals surface area contributed by atoms with Crippen molar-refractivity contribution < 1.29 is 27.5 Å². The molecule has 0 saturated carbocycles. The van der Waals surface area contributed by atoms with Crippen LogP contribution in [0.2, 0.25) is 0 Å². The number of alkyl halides is 3. The van der Waals surface area contributed by atoms with Gasteiger partial charge in [-0.3, -0.25) is 14.5 Å². The van der Waals surface area contributed by atoms with E-state index in [-0.39, 0.29) is 18.9 Å². The van der Waals surface area contributed by atoms with Crippen molar-refractivity contribution >= 4 is 17.4 Å². The maximum Gasteiger partial charge on any atom is 0.401 e. The van der Waals surface area contributed by atoms with E-state index in [0.29, 0.717) is 11.3 Å². The van der Waals surface area contributed by atoms with Crippen LogP contribution in [0.3, 0.4) is 0 Å². The number of carbonyl (C=O) groups is 2. The molecule has 1 aromatic carbocycles. The number of Topliss-reactive ketones (excluding diaryl/α,β-unsaturated/α-hetero) is 1. The molecule has 0 atom stereocenters. The third-order valence-corrected chi connectivity index (χ3v) is 2.93. The van der Waals surface area contributed by atoms with Crippen molar-refractivity contribution in [2.75, 3.05) is 38.7 Å². The Hall–Kier alpha value is -1.93. The summed E-state index contributed by atoms with van der Waals surface area (Å²) < 4.78 is 42.3. The van der Waals surface area contributed by atoms with E-state index in [0.717, 1.165) is 4.90 Å². The highest BCUT2D eigenvalue weighted by Gasteiger charge is 2.31. The number of methoxy groups -OCH3 is 1. The average molecular weight is 332 g/mol. The fourth-order valence-corrected chi connectivity index (χ4v) is 1.91. The zero-order valence-electron chi connectivity index (χ0n) is 12.9. The summed E-state index contributed by atoms with van der Waals surface area (Å²) in [6, 6.07) is 6.22. The Morgan fingerprint density at radius 1 is 1.30 bits per heavy atom. The number of halogens is 3. The smallest absolute Gasteiger partial charge is 0.383 e. The predicted molar refractivity (Wildman–Crippen MR) is 79.4 cm³/mol. The van der Waals surface area contributed by atoms with Gasteiger partial charge in [-0.15, -0.1) is 0 Å². The molecule has 1 N–H and O–H groups in total. The van der Waals surface area contributed by atoms with Crippen molar-refractivity contribution in [3.05, 3.63) is 29.8 Å². The number of ether oxygens (including phenoxy) is 1. The predicted octanol–water partition coefficient (Wildman–Crippen LogP) is 2.34. The zero-order chi connectivity index (χ0) is 17.5. The highest BCUT2D eigenvalue weighted by Crippen LogP contribution is 2.16. The fraction of sp³-hybridized carbons (Fsp3) is 0.467. The first-order valence-corrected chi connectivity index (χ1v) is 6.90. The van der Waals surface area contributed by atoms with Crippen LogP contribution in [0, 0.1) is 0 Å². The first-order valence-electron chi connectivity index (χ1n) is 6.90. The summed E-state index contributed by atoms with van der Waals surface area (Å²) in [7, 11) is 1.37. The number of hydrogen-bond acceptors (Lipinski definition) is 4. The molecule has 1 aromatic rings. The molecule has 0 heterocycles. The Balaban J connectivity index is 2.67. The van der Waals surface area contributed by atoms with Gasteiger partial charge in [0.2, 0.25) is 5.91 Å². The van der Waals surface area contributed by atoms with Crippen LogP contribution in [0.15, 0.2) is 24.3 Å². The van der Waals surface area contributed by atoms with Gasteiger partial charge >= 0.3 is 6.18 Å². The Kier molecular flexibility index (Phi) is 7.18. The lowest BCUT2D eigenvalue weighted by atomic mass is 10.1. The van der Waals surface area contributed by atoms with Crippen LogP contribution in [0.5, 0.6) is 0 Å². The molecule has 0 radical (unpaired) electrons. The standard InChI is InChI=1S/C15H19F3N2O3/c1-11(21)12-4-3-5-13(8-12)19-14(22)9-20(6-7-23-2)10-15(16,17)18/h3-5,8H,6-7,9-10H2,1-2H3,(H,19,22). The fourth-order valence-electron chi connectivity index (χ4n) is 1.91. The van der Waals surface area contributed by atoms with E-state index in [1.54, 1.807) is 18.2 Å². The minimum Gasteiger partial charge on any atom is -0.383 e. The maximum atomic E-state index is 12.5. The third-order valence-electron chi connectivity index (χ3n) is 2.93. The summed E-state index contributed by atoms with van der Waals surface area (Å²) in [4.78, 5) is 24.1. The molecule has 0 saturated heterocycles. The molecule has 23 heavy (non-hydrogen) atoms. The number of nitrogens with one attached hydrogen (secondary N) is 1. The van der Waals surface area contributed by atoms with Crippen LogP contribution in [0.25, 0.3) is 0 Å². The van der Waals surface area contributed by atoms with E-state index in [4.69, 9.17) is 4.74 Å². The number of ketones is 1. The molecule has 8 heteroatoms. The van der Waals surface area contributed by atoms with Gasteiger partial charge in [0.15, 0.2) is 5.78 Å². The number of benzene rings is 1. The molecule has 0 fully saturated rings. The summed E-state index contributed by atoms with van der Waals surface area (Å²) in [6.07, 6.45) is -4.40. The first-order chi connectivity index (χ1) is 10.7. The first kappa shape index (κ1) is 19.1. The largest absolute Gasteiger partial charge is 0.401 e. The summed E-state index contributed by atoms with van der Waals surface area (Å²) in [6.45, 7) is -0.165. The number of carbonyl (C=O) groups excluding carboxylic acids is 2. The lowest BCUT2D eigenvalue weighted by molar-refractivity contribution is -0.149. The van der Waals surface area contributed by atoms with E-state index < -0.39 is 25.2 Å². The van der Waals surface area contributed by atoms with Gasteiger partial charge in [0.1, 0.15) is 0 Å². The number of rotatable bonds is 8. The Morgan fingerprint density at radius 2 is 2.00 bits per heavy atom. The Morgan fingerprint density at radius 3 is 2.57 bits per heavy atom. The molecule has 0 unspecified atom stereocenters. The molecule has 0 aliphatic rings. The molecule has 0 aromatic heterocycles. The van der Waals surface area contributed by atoms with Crippen LogP contribution in [0.4, 0.5) is 18.9 Å². The van der Waals surface area contributed by atoms with Crippen LogP contribution in [0.1, 0.15) is 17.3 Å². The van der Waals surface area contributed by atoms with E-state index in [1.807, 2.05) is 0 Å². The molecular weight excluding hydrogens is 313 g/mol. The van der Waals surface area contributed by atoms with E-state index in [9.17, 15) is 22.8 Å². The number of anilines is 1. The molecule has 1 amide bonds. The van der Waals surface area contributed by atoms with Gasteiger partial charge in [-0.05, 0) is 19.1 Å². The van der Waals surface area contributed by atoms with Crippen LogP contribution >= 0.6 is 0 Å². The highest BCUT2D eigenvalue weighted by molar-refractivity contribution is 5.97. The van der Waals surface area contributed by atoms with Crippen molar-refractivity contribution in [1.29, 1.82) is 0 Å². The van der Waals surface area contributed by atoms with E-state index in [2.05, 4.69) is 5.32 Å². The van der Waals surface area contributed by atoms with E-state index in [1.165, 1.54) is 20.1 Å². The summed E-state index contributed by atoms with van der Waals surface area (Å²) >= 11 is 0. The van der Waals surface area contributed by atoms with Crippen molar-refractivity contribution in [2.45, 2.75) is 13.1 Å². The lowest BCUT2D eigenvalue weighted by Gasteiger charge is -2.22. The van der Waals surface area contributed by atoms with Crippen LogP contribution in [-0.4, -0.2) is 56.1 Å². The molecule has 0 aliphatic heterocycles. The molecule has 0 aliphatic carbocycles. The molecule has 5 nitrogen and oxygen atoms in total. The molecule has 128 valence electrons. The van der Waals surface area contributed by atoms with Gasteiger partial charge in [-0.1, -0.05) is 12.1 Å². The van der Waals surface area contributed by atoms with Crippen molar-refractivity contribution in [3.8, 4) is 0 Å². The maximum absolute atomic E-state index is 12.5. The number of nitrogens with zero attached hydrogens (tertiary/aromatic N) is 1. The van der Waals surface area contributed by atoms with Gasteiger partial charge in [0.05, 0.1) is 19.7 Å². The second-order valence-electron chi connectivity index (χ2n) is 5.00. The van der Waals surface area contributed by atoms with Crippen LogP contribution in [-0.2, 0) is 9.53 Å². The second kappa shape index (κ2) is 8.64. The van der Waals surface area contributed by atoms with Gasteiger partial charge in [0.25, 0.3) is 0 Å². The Bertz CT molecular complexity index is 547. The minimum atomic E-state index is -4.40.